The van der Waals surface area contributed by atoms with Gasteiger partial charge in [0.05, 0.1) is 14.2 Å². The molecular weight excluding hydrogens is 368 g/mol. The summed E-state index contributed by atoms with van der Waals surface area (Å²) in [6, 6.07) is 7.17. The van der Waals surface area contributed by atoms with E-state index in [0.717, 1.165) is 5.56 Å². The molecule has 2 rings (SSSR count). The standard InChI is InChI=1S/C18H22N4O4S/c1-11(23)13-9-14(20-10-13)17(24)21-22-18(27)19-7-6-12-4-5-15(25-2)16(8-12)26-3/h4-5,8-10,20H,6-7H2,1-3H3,(H,21,24)(H2,19,22,27). The molecule has 0 aliphatic heterocycles. The fraction of sp³-hybridized carbons (Fsp3) is 0.278. The fourth-order valence-corrected chi connectivity index (χ4v) is 2.46. The number of carbonyl (C=O) groups excluding carboxylic acids is 2. The quantitative estimate of drug-likeness (QED) is 0.323. The van der Waals surface area contributed by atoms with Crippen LogP contribution in [0.3, 0.4) is 0 Å². The Bertz CT molecular complexity index is 835. The van der Waals surface area contributed by atoms with Crippen LogP contribution in [0.25, 0.3) is 0 Å². The van der Waals surface area contributed by atoms with Crippen LogP contribution in [-0.4, -0.2) is 42.6 Å². The van der Waals surface area contributed by atoms with E-state index in [2.05, 4.69) is 21.2 Å². The summed E-state index contributed by atoms with van der Waals surface area (Å²) >= 11 is 5.13. The zero-order chi connectivity index (χ0) is 19.8. The predicted molar refractivity (Wildman–Crippen MR) is 105 cm³/mol. The summed E-state index contributed by atoms with van der Waals surface area (Å²) in [5.41, 5.74) is 6.84. The van der Waals surface area contributed by atoms with Gasteiger partial charge < -0.3 is 19.8 Å². The first-order valence-electron chi connectivity index (χ1n) is 8.19. The number of ether oxygens (including phenoxy) is 2. The Morgan fingerprint density at radius 2 is 1.85 bits per heavy atom. The van der Waals surface area contributed by atoms with Gasteiger partial charge in [-0.3, -0.25) is 20.4 Å². The van der Waals surface area contributed by atoms with Crippen molar-refractivity contribution in [3.63, 3.8) is 0 Å². The number of methoxy groups -OCH3 is 2. The molecule has 1 aromatic heterocycles. The van der Waals surface area contributed by atoms with Crippen LogP contribution in [0.2, 0.25) is 0 Å². The van der Waals surface area contributed by atoms with Gasteiger partial charge in [-0.05, 0) is 49.3 Å². The maximum Gasteiger partial charge on any atom is 0.286 e. The number of carbonyl (C=O) groups is 2. The molecule has 0 aliphatic rings. The molecule has 2 aromatic rings. The SMILES string of the molecule is COc1ccc(CCNC(=S)NNC(=O)c2cc(C(C)=O)c[nH]2)cc1OC. The van der Waals surface area contributed by atoms with Crippen molar-refractivity contribution in [2.24, 2.45) is 0 Å². The number of amides is 1. The van der Waals surface area contributed by atoms with Crippen molar-refractivity contribution >= 4 is 29.0 Å². The van der Waals surface area contributed by atoms with Gasteiger partial charge in [0, 0.05) is 18.3 Å². The maximum absolute atomic E-state index is 12.0. The zero-order valence-electron chi connectivity index (χ0n) is 15.3. The Morgan fingerprint density at radius 1 is 1.11 bits per heavy atom. The van der Waals surface area contributed by atoms with Crippen LogP contribution in [0.4, 0.5) is 0 Å². The maximum atomic E-state index is 12.0. The van der Waals surface area contributed by atoms with Crippen molar-refractivity contribution in [3.8, 4) is 11.5 Å². The Kier molecular flexibility index (Phi) is 7.18. The van der Waals surface area contributed by atoms with Crippen LogP contribution in [0.15, 0.2) is 30.5 Å². The van der Waals surface area contributed by atoms with Crippen molar-refractivity contribution in [2.45, 2.75) is 13.3 Å². The molecule has 1 amide bonds. The molecule has 0 radical (unpaired) electrons. The minimum Gasteiger partial charge on any atom is -0.493 e. The van der Waals surface area contributed by atoms with E-state index < -0.39 is 5.91 Å². The second-order valence-electron chi connectivity index (χ2n) is 5.63. The lowest BCUT2D eigenvalue weighted by atomic mass is 10.1. The van der Waals surface area contributed by atoms with E-state index in [0.29, 0.717) is 30.0 Å². The smallest absolute Gasteiger partial charge is 0.286 e. The third kappa shape index (κ3) is 5.71. The van der Waals surface area contributed by atoms with Gasteiger partial charge in [-0.2, -0.15) is 0 Å². The van der Waals surface area contributed by atoms with Gasteiger partial charge in [0.25, 0.3) is 5.91 Å². The molecule has 8 nitrogen and oxygen atoms in total. The van der Waals surface area contributed by atoms with Gasteiger partial charge >= 0.3 is 0 Å². The average Bonchev–Trinajstić information content (AvgIpc) is 3.16. The lowest BCUT2D eigenvalue weighted by Crippen LogP contribution is -2.47. The highest BCUT2D eigenvalue weighted by atomic mass is 32.1. The summed E-state index contributed by atoms with van der Waals surface area (Å²) in [7, 11) is 3.18. The first-order valence-corrected chi connectivity index (χ1v) is 8.60. The first-order chi connectivity index (χ1) is 12.9. The molecule has 144 valence electrons. The number of aromatic amines is 1. The van der Waals surface area contributed by atoms with Crippen LogP contribution >= 0.6 is 12.2 Å². The molecule has 0 atom stereocenters. The average molecular weight is 390 g/mol. The van der Waals surface area contributed by atoms with Gasteiger partial charge in [-0.15, -0.1) is 0 Å². The monoisotopic (exact) mass is 390 g/mol. The van der Waals surface area contributed by atoms with E-state index in [1.165, 1.54) is 19.2 Å². The largest absolute Gasteiger partial charge is 0.493 e. The molecular formula is C18H22N4O4S. The van der Waals surface area contributed by atoms with Crippen molar-refractivity contribution < 1.29 is 19.1 Å². The third-order valence-corrected chi connectivity index (χ3v) is 4.02. The Hall–Kier alpha value is -3.07. The normalized spacial score (nSPS) is 10.0. The highest BCUT2D eigenvalue weighted by Crippen LogP contribution is 2.27. The Morgan fingerprint density at radius 3 is 2.48 bits per heavy atom. The minimum atomic E-state index is -0.424. The van der Waals surface area contributed by atoms with Crippen molar-refractivity contribution in [2.75, 3.05) is 20.8 Å². The minimum absolute atomic E-state index is 0.120. The molecule has 1 heterocycles. The van der Waals surface area contributed by atoms with Crippen molar-refractivity contribution in [3.05, 3.63) is 47.3 Å². The number of H-pyrrole nitrogens is 1. The van der Waals surface area contributed by atoms with Crippen LogP contribution in [0.1, 0.15) is 33.3 Å². The number of benzene rings is 1. The number of Topliss-reactive ketones (excluding diaryl/α,β-unsaturated/α-hetero) is 1. The molecule has 0 saturated carbocycles. The molecule has 9 heteroatoms. The van der Waals surface area contributed by atoms with E-state index in [1.54, 1.807) is 14.2 Å². The summed E-state index contributed by atoms with van der Waals surface area (Å²) in [4.78, 5) is 26.0. The van der Waals surface area contributed by atoms with Crippen LogP contribution in [0, 0.1) is 0 Å². The molecule has 27 heavy (non-hydrogen) atoms. The Balaban J connectivity index is 1.76. The van der Waals surface area contributed by atoms with Crippen LogP contribution in [-0.2, 0) is 6.42 Å². The van der Waals surface area contributed by atoms with E-state index >= 15 is 0 Å². The van der Waals surface area contributed by atoms with Gasteiger partial charge in [0.2, 0.25) is 0 Å². The van der Waals surface area contributed by atoms with Crippen molar-refractivity contribution in [1.29, 1.82) is 0 Å². The van der Waals surface area contributed by atoms with E-state index in [4.69, 9.17) is 21.7 Å². The number of aromatic nitrogens is 1. The fourth-order valence-electron chi connectivity index (χ4n) is 2.31. The molecule has 0 fully saturated rings. The molecule has 0 bridgehead atoms. The van der Waals surface area contributed by atoms with E-state index in [9.17, 15) is 9.59 Å². The number of rotatable bonds is 7. The van der Waals surface area contributed by atoms with E-state index in [-0.39, 0.29) is 16.6 Å². The second-order valence-corrected chi connectivity index (χ2v) is 6.04. The lowest BCUT2D eigenvalue weighted by molar-refractivity contribution is 0.0939. The Labute approximate surface area is 162 Å². The molecule has 4 N–H and O–H groups in total. The number of nitrogens with one attached hydrogen (secondary N) is 4. The summed E-state index contributed by atoms with van der Waals surface area (Å²) in [5.74, 6) is 0.794. The van der Waals surface area contributed by atoms with Gasteiger partial charge in [0.1, 0.15) is 5.69 Å². The number of hydrogen-bond acceptors (Lipinski definition) is 5. The summed E-state index contributed by atoms with van der Waals surface area (Å²) in [6.45, 7) is 1.99. The summed E-state index contributed by atoms with van der Waals surface area (Å²) in [6.07, 6.45) is 2.19. The first kappa shape index (κ1) is 20.2. The van der Waals surface area contributed by atoms with Gasteiger partial charge in [-0.1, -0.05) is 6.07 Å². The predicted octanol–water partition coefficient (Wildman–Crippen LogP) is 1.59. The second kappa shape index (κ2) is 9.58. The molecule has 0 saturated heterocycles. The van der Waals surface area contributed by atoms with Crippen molar-refractivity contribution in [1.82, 2.24) is 21.2 Å². The molecule has 0 unspecified atom stereocenters. The van der Waals surface area contributed by atoms with Gasteiger partial charge in [0.15, 0.2) is 22.4 Å². The zero-order valence-corrected chi connectivity index (χ0v) is 16.2. The highest BCUT2D eigenvalue weighted by Gasteiger charge is 2.10. The summed E-state index contributed by atoms with van der Waals surface area (Å²) < 4.78 is 10.5. The molecule has 0 aliphatic carbocycles. The summed E-state index contributed by atoms with van der Waals surface area (Å²) in [5, 5.41) is 3.28. The number of thiocarbonyl (C=S) groups is 1. The topological polar surface area (TPSA) is 104 Å². The number of hydrazine groups is 1. The number of ketones is 1. The van der Waals surface area contributed by atoms with Crippen LogP contribution in [0.5, 0.6) is 11.5 Å². The molecule has 1 aromatic carbocycles. The lowest BCUT2D eigenvalue weighted by Gasteiger charge is -2.12. The molecule has 0 spiro atoms. The van der Waals surface area contributed by atoms with Crippen LogP contribution < -0.4 is 25.6 Å². The number of hydrogen-bond donors (Lipinski definition) is 4. The van der Waals surface area contributed by atoms with Gasteiger partial charge in [-0.25, -0.2) is 0 Å². The third-order valence-electron chi connectivity index (χ3n) is 3.77. The highest BCUT2D eigenvalue weighted by molar-refractivity contribution is 7.80. The van der Waals surface area contributed by atoms with E-state index in [1.807, 2.05) is 18.2 Å².